The summed E-state index contributed by atoms with van der Waals surface area (Å²) in [6.07, 6.45) is 0. The minimum Gasteiger partial charge on any atom is -0.475 e. The Morgan fingerprint density at radius 3 is 1.90 bits per heavy atom. The van der Waals surface area contributed by atoms with Gasteiger partial charge in [0, 0.05) is 0 Å². The second-order valence-corrected chi connectivity index (χ2v) is 1.79. The Morgan fingerprint density at radius 2 is 1.80 bits per heavy atom. The number of ketones is 2. The Labute approximate surface area is 56.8 Å². The van der Waals surface area contributed by atoms with Crippen molar-refractivity contribution in [1.82, 2.24) is 0 Å². The molecular formula is C5H7NO4. The van der Waals surface area contributed by atoms with E-state index in [1.807, 2.05) is 0 Å². The molecule has 0 rings (SSSR count). The highest BCUT2D eigenvalue weighted by Crippen LogP contribution is 1.82. The molecule has 0 unspecified atom stereocenters. The van der Waals surface area contributed by atoms with Gasteiger partial charge in [0.1, 0.15) is 0 Å². The molecule has 0 fully saturated rings. The van der Waals surface area contributed by atoms with E-state index in [0.717, 1.165) is 0 Å². The average molecular weight is 145 g/mol. The number of carbonyl (C=O) groups is 3. The predicted octanol–water partition coefficient (Wildman–Crippen LogP) is -1.44. The number of nitrogens with two attached hydrogens (primary N) is 1. The summed E-state index contributed by atoms with van der Waals surface area (Å²) in [6.45, 7) is 1.25. The van der Waals surface area contributed by atoms with Crippen LogP contribution in [0.3, 0.4) is 0 Å². The second kappa shape index (κ2) is 3.07. The molecule has 0 spiro atoms. The molecular weight excluding hydrogens is 138 g/mol. The van der Waals surface area contributed by atoms with Crippen molar-refractivity contribution in [2.45, 2.75) is 13.0 Å². The molecule has 56 valence electrons. The molecule has 0 aromatic heterocycles. The summed E-state index contributed by atoms with van der Waals surface area (Å²) in [5, 5.41) is 7.98. The van der Waals surface area contributed by atoms with Gasteiger partial charge in [0.15, 0.2) is 0 Å². The van der Waals surface area contributed by atoms with Crippen LogP contribution in [-0.2, 0) is 14.4 Å². The number of hydrogen-bond donors (Lipinski definition) is 2. The highest BCUT2D eigenvalue weighted by molar-refractivity contribution is 6.62. The number of carboxylic acid groups (broad SMARTS) is 1. The van der Waals surface area contributed by atoms with Crippen LogP contribution in [0.5, 0.6) is 0 Å². The van der Waals surface area contributed by atoms with E-state index in [1.165, 1.54) is 6.92 Å². The Bertz CT molecular complexity index is 184. The van der Waals surface area contributed by atoms with Gasteiger partial charge in [-0.3, -0.25) is 9.59 Å². The molecule has 5 nitrogen and oxygen atoms in total. The number of rotatable bonds is 3. The van der Waals surface area contributed by atoms with E-state index >= 15 is 0 Å². The lowest BCUT2D eigenvalue weighted by atomic mass is 10.1. The van der Waals surface area contributed by atoms with Crippen LogP contribution in [0.2, 0.25) is 0 Å². The molecule has 0 radical (unpaired) electrons. The number of carboxylic acids is 1. The number of Topliss-reactive ketones (excluding diaryl/α,β-unsaturated/α-hetero) is 2. The number of hydrogen-bond acceptors (Lipinski definition) is 4. The van der Waals surface area contributed by atoms with Gasteiger partial charge >= 0.3 is 11.8 Å². The molecule has 0 aromatic rings. The minimum atomic E-state index is -1.76. The molecule has 3 N–H and O–H groups in total. The third-order valence-corrected chi connectivity index (χ3v) is 0.832. The van der Waals surface area contributed by atoms with E-state index in [9.17, 15) is 14.4 Å². The summed E-state index contributed by atoms with van der Waals surface area (Å²) < 4.78 is 0. The van der Waals surface area contributed by atoms with Gasteiger partial charge in [0.25, 0.3) is 0 Å². The highest BCUT2D eigenvalue weighted by atomic mass is 16.4. The monoisotopic (exact) mass is 145 g/mol. The average Bonchev–Trinajstić information content (AvgIpc) is 1.84. The van der Waals surface area contributed by atoms with Crippen molar-refractivity contribution >= 4 is 17.5 Å². The topological polar surface area (TPSA) is 97.5 Å². The number of aliphatic carboxylic acids is 1. The normalized spacial score (nSPS) is 12.2. The molecule has 0 aliphatic heterocycles. The molecule has 0 bridgehead atoms. The molecule has 0 amide bonds. The van der Waals surface area contributed by atoms with Crippen molar-refractivity contribution in [3.63, 3.8) is 0 Å². The van der Waals surface area contributed by atoms with Crippen molar-refractivity contribution in [2.75, 3.05) is 0 Å². The van der Waals surface area contributed by atoms with Gasteiger partial charge in [0.2, 0.25) is 5.78 Å². The van der Waals surface area contributed by atoms with Crippen molar-refractivity contribution in [1.29, 1.82) is 0 Å². The van der Waals surface area contributed by atoms with E-state index < -0.39 is 23.6 Å². The Balaban J connectivity index is 4.24. The molecule has 1 atom stereocenters. The van der Waals surface area contributed by atoms with Gasteiger partial charge in [-0.05, 0) is 6.92 Å². The first-order valence-electron chi connectivity index (χ1n) is 2.54. The summed E-state index contributed by atoms with van der Waals surface area (Å²) in [5.74, 6) is -4.30. The largest absolute Gasteiger partial charge is 0.475 e. The summed E-state index contributed by atoms with van der Waals surface area (Å²) in [7, 11) is 0. The fourth-order valence-electron chi connectivity index (χ4n) is 0.312. The van der Waals surface area contributed by atoms with Gasteiger partial charge < -0.3 is 10.8 Å². The maximum absolute atomic E-state index is 10.4. The zero-order valence-corrected chi connectivity index (χ0v) is 5.33. The van der Waals surface area contributed by atoms with Crippen molar-refractivity contribution < 1.29 is 19.5 Å². The fraction of sp³-hybridized carbons (Fsp3) is 0.400. The van der Waals surface area contributed by atoms with Crippen molar-refractivity contribution in [2.24, 2.45) is 5.73 Å². The van der Waals surface area contributed by atoms with Gasteiger partial charge in [0.05, 0.1) is 6.04 Å². The first kappa shape index (κ1) is 8.77. The summed E-state index contributed by atoms with van der Waals surface area (Å²) in [6, 6.07) is -1.04. The van der Waals surface area contributed by atoms with Crippen LogP contribution in [0.4, 0.5) is 0 Å². The third-order valence-electron chi connectivity index (χ3n) is 0.832. The zero-order chi connectivity index (χ0) is 8.31. The predicted molar refractivity (Wildman–Crippen MR) is 31.3 cm³/mol. The SMILES string of the molecule is C[C@H](N)C(=O)C(=O)C(=O)O. The zero-order valence-electron chi connectivity index (χ0n) is 5.33. The van der Waals surface area contributed by atoms with Crippen LogP contribution < -0.4 is 5.73 Å². The molecule has 10 heavy (non-hydrogen) atoms. The first-order chi connectivity index (χ1) is 4.46. The van der Waals surface area contributed by atoms with E-state index in [-0.39, 0.29) is 0 Å². The van der Waals surface area contributed by atoms with E-state index in [4.69, 9.17) is 10.8 Å². The van der Waals surface area contributed by atoms with E-state index in [2.05, 4.69) is 0 Å². The molecule has 0 heterocycles. The molecule has 0 saturated carbocycles. The Hall–Kier alpha value is -1.23. The van der Waals surface area contributed by atoms with E-state index in [0.29, 0.717) is 0 Å². The quantitative estimate of drug-likeness (QED) is 0.374. The lowest BCUT2D eigenvalue weighted by Gasteiger charge is -1.97. The van der Waals surface area contributed by atoms with Crippen LogP contribution in [0.15, 0.2) is 0 Å². The van der Waals surface area contributed by atoms with Crippen LogP contribution in [0.1, 0.15) is 6.92 Å². The molecule has 0 aliphatic rings. The smallest absolute Gasteiger partial charge is 0.380 e. The van der Waals surface area contributed by atoms with Crippen LogP contribution in [0.25, 0.3) is 0 Å². The summed E-state index contributed by atoms with van der Waals surface area (Å²) in [5.41, 5.74) is 4.94. The first-order valence-corrected chi connectivity index (χ1v) is 2.54. The summed E-state index contributed by atoms with van der Waals surface area (Å²) in [4.78, 5) is 30.5. The Morgan fingerprint density at radius 1 is 1.40 bits per heavy atom. The van der Waals surface area contributed by atoms with Gasteiger partial charge in [-0.1, -0.05) is 0 Å². The molecule has 0 saturated heterocycles. The standard InChI is InChI=1S/C5H7NO4/c1-2(6)3(7)4(8)5(9)10/h2H,6H2,1H3,(H,9,10)/t2-/m0/s1. The lowest BCUT2D eigenvalue weighted by Crippen LogP contribution is -2.36. The molecule has 0 aromatic carbocycles. The maximum Gasteiger partial charge on any atom is 0.380 e. The fourth-order valence-corrected chi connectivity index (χ4v) is 0.312. The van der Waals surface area contributed by atoms with Crippen LogP contribution >= 0.6 is 0 Å². The van der Waals surface area contributed by atoms with Gasteiger partial charge in [-0.25, -0.2) is 4.79 Å². The summed E-state index contributed by atoms with van der Waals surface area (Å²) >= 11 is 0. The van der Waals surface area contributed by atoms with E-state index in [1.54, 1.807) is 0 Å². The Kier molecular flexibility index (Phi) is 2.69. The van der Waals surface area contributed by atoms with Crippen LogP contribution in [-0.4, -0.2) is 28.7 Å². The van der Waals surface area contributed by atoms with Crippen LogP contribution in [0, 0.1) is 0 Å². The van der Waals surface area contributed by atoms with Crippen molar-refractivity contribution in [3.05, 3.63) is 0 Å². The third kappa shape index (κ3) is 1.94. The highest BCUT2D eigenvalue weighted by Gasteiger charge is 2.24. The molecule has 5 heteroatoms. The maximum atomic E-state index is 10.4. The molecule has 0 aliphatic carbocycles. The number of carbonyl (C=O) groups excluding carboxylic acids is 2. The lowest BCUT2D eigenvalue weighted by molar-refractivity contribution is -0.153. The van der Waals surface area contributed by atoms with Crippen molar-refractivity contribution in [3.8, 4) is 0 Å². The minimum absolute atomic E-state index is 1.04. The van der Waals surface area contributed by atoms with Gasteiger partial charge in [-0.15, -0.1) is 0 Å². The second-order valence-electron chi connectivity index (χ2n) is 1.79. The van der Waals surface area contributed by atoms with Gasteiger partial charge in [-0.2, -0.15) is 0 Å².